The van der Waals surface area contributed by atoms with Crippen LogP contribution in [0.15, 0.2) is 173 Å². The highest BCUT2D eigenvalue weighted by Crippen LogP contribution is 2.41. The van der Waals surface area contributed by atoms with Gasteiger partial charge in [0.1, 0.15) is 22.3 Å². The maximum Gasteiger partial charge on any atom is 0.167 e. The minimum Gasteiger partial charge on any atom is -0.456 e. The zero-order valence-electron chi connectivity index (χ0n) is 26.7. The lowest BCUT2D eigenvalue weighted by Crippen LogP contribution is -2.00. The van der Waals surface area contributed by atoms with Crippen LogP contribution in [0.2, 0.25) is 0 Å². The fraction of sp³-hybridized carbons (Fsp3) is 0. The molecule has 0 spiro atoms. The molecule has 0 saturated carbocycles. The third kappa shape index (κ3) is 4.67. The van der Waals surface area contributed by atoms with Crippen molar-refractivity contribution in [2.75, 3.05) is 0 Å². The number of nitrogens with zero attached hydrogens (tertiary/aromatic N) is 3. The van der Waals surface area contributed by atoms with E-state index in [1.54, 1.807) is 0 Å². The lowest BCUT2D eigenvalue weighted by molar-refractivity contribution is 0.668. The normalized spacial score (nSPS) is 11.6. The number of hydrogen-bond donors (Lipinski definition) is 0. The molecule has 50 heavy (non-hydrogen) atoms. The van der Waals surface area contributed by atoms with Crippen LogP contribution in [0.4, 0.5) is 0 Å². The van der Waals surface area contributed by atoms with Gasteiger partial charge in [-0.25, -0.2) is 15.0 Å². The summed E-state index contributed by atoms with van der Waals surface area (Å²) in [6.07, 6.45) is 0. The number of fused-ring (bicyclic) bond motifs is 6. The average Bonchev–Trinajstić information content (AvgIpc) is 3.77. The Bertz CT molecular complexity index is 2850. The monoisotopic (exact) mass is 641 g/mol. The molecule has 0 bridgehead atoms. The second kappa shape index (κ2) is 11.4. The first kappa shape index (κ1) is 28.2. The van der Waals surface area contributed by atoms with E-state index in [0.29, 0.717) is 17.5 Å². The minimum absolute atomic E-state index is 0.552. The molecule has 0 unspecified atom stereocenters. The van der Waals surface area contributed by atoms with Gasteiger partial charge in [-0.3, -0.25) is 0 Å². The second-order valence-electron chi connectivity index (χ2n) is 12.4. The summed E-state index contributed by atoms with van der Waals surface area (Å²) >= 11 is 0. The van der Waals surface area contributed by atoms with Crippen LogP contribution >= 0.6 is 0 Å². The van der Waals surface area contributed by atoms with E-state index in [1.165, 1.54) is 0 Å². The van der Waals surface area contributed by atoms with E-state index in [1.807, 2.05) is 66.7 Å². The molecule has 10 aromatic rings. The summed E-state index contributed by atoms with van der Waals surface area (Å²) in [5, 5.41) is 4.23. The summed E-state index contributed by atoms with van der Waals surface area (Å²) in [4.78, 5) is 15.0. The second-order valence-corrected chi connectivity index (χ2v) is 12.4. The van der Waals surface area contributed by atoms with Crippen molar-refractivity contribution in [2.24, 2.45) is 0 Å². The van der Waals surface area contributed by atoms with Gasteiger partial charge in [-0.15, -0.1) is 0 Å². The van der Waals surface area contributed by atoms with E-state index in [-0.39, 0.29) is 0 Å². The van der Waals surface area contributed by atoms with Gasteiger partial charge in [0, 0.05) is 38.2 Å². The summed E-state index contributed by atoms with van der Waals surface area (Å²) in [5.41, 5.74) is 10.2. The van der Waals surface area contributed by atoms with E-state index in [4.69, 9.17) is 23.8 Å². The van der Waals surface area contributed by atoms with E-state index < -0.39 is 0 Å². The Morgan fingerprint density at radius 3 is 1.54 bits per heavy atom. The van der Waals surface area contributed by atoms with Gasteiger partial charge in [0.2, 0.25) is 0 Å². The maximum absolute atomic E-state index is 6.82. The van der Waals surface area contributed by atoms with Crippen LogP contribution in [-0.2, 0) is 0 Å². The van der Waals surface area contributed by atoms with Crippen molar-refractivity contribution < 1.29 is 8.83 Å². The van der Waals surface area contributed by atoms with Gasteiger partial charge in [0.15, 0.2) is 17.5 Å². The quantitative estimate of drug-likeness (QED) is 0.187. The summed E-state index contributed by atoms with van der Waals surface area (Å²) in [7, 11) is 0. The first-order valence-corrected chi connectivity index (χ1v) is 16.6. The minimum atomic E-state index is 0.552. The molecular formula is C45H27N3O2. The Hall–Kier alpha value is -6.85. The molecule has 0 aliphatic carbocycles. The van der Waals surface area contributed by atoms with Crippen LogP contribution in [0.5, 0.6) is 0 Å². The van der Waals surface area contributed by atoms with Crippen molar-refractivity contribution in [3.63, 3.8) is 0 Å². The number of hydrogen-bond acceptors (Lipinski definition) is 5. The molecule has 0 amide bonds. The van der Waals surface area contributed by atoms with Gasteiger partial charge in [-0.05, 0) is 41.0 Å². The van der Waals surface area contributed by atoms with E-state index >= 15 is 0 Å². The van der Waals surface area contributed by atoms with Crippen molar-refractivity contribution in [1.29, 1.82) is 0 Å². The molecule has 0 atom stereocenters. The summed E-state index contributed by atoms with van der Waals surface area (Å²) < 4.78 is 13.1. The standard InChI is InChI=1S/C45H27N3O2/c1-3-11-28(12-4-1)29-21-23-31(24-22-29)44-46-43(30-13-5-2-6-14-30)47-45(48-44)38-19-10-18-37-36-17-9-16-33(41(36)50-42(37)38)32-25-26-35-34-15-7-8-20-39(34)49-40(35)27-32/h1-27H. The molecule has 3 aromatic heterocycles. The zero-order chi connectivity index (χ0) is 33.0. The van der Waals surface area contributed by atoms with Crippen molar-refractivity contribution in [3.8, 4) is 56.4 Å². The fourth-order valence-electron chi connectivity index (χ4n) is 6.90. The third-order valence-electron chi connectivity index (χ3n) is 9.37. The van der Waals surface area contributed by atoms with Gasteiger partial charge >= 0.3 is 0 Å². The maximum atomic E-state index is 6.82. The van der Waals surface area contributed by atoms with Crippen molar-refractivity contribution in [3.05, 3.63) is 164 Å². The molecule has 0 fully saturated rings. The number of aromatic nitrogens is 3. The molecular weight excluding hydrogens is 615 g/mol. The zero-order valence-corrected chi connectivity index (χ0v) is 26.7. The average molecular weight is 642 g/mol. The molecule has 3 heterocycles. The van der Waals surface area contributed by atoms with E-state index in [2.05, 4.69) is 97.1 Å². The van der Waals surface area contributed by atoms with Crippen molar-refractivity contribution in [2.45, 2.75) is 0 Å². The predicted molar refractivity (Wildman–Crippen MR) is 202 cm³/mol. The Kier molecular flexibility index (Phi) is 6.42. The van der Waals surface area contributed by atoms with Crippen LogP contribution in [0, 0.1) is 0 Å². The van der Waals surface area contributed by atoms with Gasteiger partial charge in [-0.1, -0.05) is 140 Å². The molecule has 7 aromatic carbocycles. The van der Waals surface area contributed by atoms with Gasteiger partial charge in [-0.2, -0.15) is 0 Å². The van der Waals surface area contributed by atoms with Gasteiger partial charge in [0.25, 0.3) is 0 Å². The third-order valence-corrected chi connectivity index (χ3v) is 9.37. The highest BCUT2D eigenvalue weighted by molar-refractivity contribution is 6.13. The summed E-state index contributed by atoms with van der Waals surface area (Å²) in [6, 6.07) is 55.7. The lowest BCUT2D eigenvalue weighted by atomic mass is 10.0. The largest absolute Gasteiger partial charge is 0.456 e. The van der Waals surface area contributed by atoms with E-state index in [9.17, 15) is 0 Å². The Morgan fingerprint density at radius 1 is 0.300 bits per heavy atom. The predicted octanol–water partition coefficient (Wildman–Crippen LogP) is 12.0. The molecule has 5 nitrogen and oxygen atoms in total. The number of para-hydroxylation sites is 3. The smallest absolute Gasteiger partial charge is 0.167 e. The van der Waals surface area contributed by atoms with Gasteiger partial charge in [0.05, 0.1) is 5.56 Å². The Labute approximate surface area is 287 Å². The summed E-state index contributed by atoms with van der Waals surface area (Å²) in [6.45, 7) is 0. The molecule has 5 heteroatoms. The number of benzene rings is 7. The van der Waals surface area contributed by atoms with Crippen LogP contribution < -0.4 is 0 Å². The van der Waals surface area contributed by atoms with Crippen molar-refractivity contribution >= 4 is 43.9 Å². The number of rotatable bonds is 5. The molecule has 0 aliphatic rings. The topological polar surface area (TPSA) is 65.0 Å². The highest BCUT2D eigenvalue weighted by atomic mass is 16.3. The SMILES string of the molecule is c1ccc(-c2ccc(-c3nc(-c4ccccc4)nc(-c4cccc5c4oc4c(-c6ccc7c(c6)oc6ccccc67)cccc45)n3)cc2)cc1. The van der Waals surface area contributed by atoms with Crippen LogP contribution in [-0.4, -0.2) is 15.0 Å². The Balaban J connectivity index is 1.13. The van der Waals surface area contributed by atoms with Crippen LogP contribution in [0.3, 0.4) is 0 Å². The first-order chi connectivity index (χ1) is 24.8. The fourth-order valence-corrected chi connectivity index (χ4v) is 6.90. The van der Waals surface area contributed by atoms with Crippen molar-refractivity contribution in [1.82, 2.24) is 15.0 Å². The lowest BCUT2D eigenvalue weighted by Gasteiger charge is -2.09. The summed E-state index contributed by atoms with van der Waals surface area (Å²) in [5.74, 6) is 1.75. The first-order valence-electron chi connectivity index (χ1n) is 16.6. The molecule has 10 rings (SSSR count). The van der Waals surface area contributed by atoms with Crippen LogP contribution in [0.1, 0.15) is 0 Å². The van der Waals surface area contributed by atoms with Gasteiger partial charge < -0.3 is 8.83 Å². The van der Waals surface area contributed by atoms with E-state index in [0.717, 1.165) is 82.8 Å². The molecule has 0 aliphatic heterocycles. The highest BCUT2D eigenvalue weighted by Gasteiger charge is 2.20. The molecule has 234 valence electrons. The Morgan fingerprint density at radius 2 is 0.800 bits per heavy atom. The molecule has 0 saturated heterocycles. The molecule has 0 N–H and O–H groups in total. The number of furan rings is 2. The van der Waals surface area contributed by atoms with Crippen LogP contribution in [0.25, 0.3) is 100 Å². The molecule has 0 radical (unpaired) electrons.